The predicted octanol–water partition coefficient (Wildman–Crippen LogP) is 3.58. The van der Waals surface area contributed by atoms with E-state index in [1.807, 2.05) is 11.8 Å². The SMILES string of the molecule is CCC(=O)N1CCC(CCc2ccc(C)cc2)CC1. The summed E-state index contributed by atoms with van der Waals surface area (Å²) in [4.78, 5) is 13.6. The van der Waals surface area contributed by atoms with Gasteiger partial charge in [-0.15, -0.1) is 0 Å². The molecule has 2 rings (SSSR count). The quantitative estimate of drug-likeness (QED) is 0.809. The van der Waals surface area contributed by atoms with Gasteiger partial charge in [0.05, 0.1) is 0 Å². The van der Waals surface area contributed by atoms with Crippen molar-refractivity contribution < 1.29 is 4.79 Å². The first kappa shape index (κ1) is 14.1. The van der Waals surface area contributed by atoms with Gasteiger partial charge in [-0.05, 0) is 44.1 Å². The third kappa shape index (κ3) is 4.09. The fraction of sp³-hybridized carbons (Fsp3) is 0.588. The summed E-state index contributed by atoms with van der Waals surface area (Å²) in [7, 11) is 0. The van der Waals surface area contributed by atoms with Crippen molar-refractivity contribution in [2.75, 3.05) is 13.1 Å². The van der Waals surface area contributed by atoms with Crippen LogP contribution in [0, 0.1) is 12.8 Å². The van der Waals surface area contributed by atoms with Crippen molar-refractivity contribution in [3.05, 3.63) is 35.4 Å². The van der Waals surface area contributed by atoms with E-state index in [1.165, 1.54) is 36.8 Å². The van der Waals surface area contributed by atoms with E-state index < -0.39 is 0 Å². The van der Waals surface area contributed by atoms with Crippen molar-refractivity contribution in [3.63, 3.8) is 0 Å². The lowest BCUT2D eigenvalue weighted by Crippen LogP contribution is -2.38. The van der Waals surface area contributed by atoms with Crippen LogP contribution in [0.15, 0.2) is 24.3 Å². The Morgan fingerprint density at radius 3 is 2.42 bits per heavy atom. The van der Waals surface area contributed by atoms with E-state index in [2.05, 4.69) is 31.2 Å². The first-order chi connectivity index (χ1) is 9.19. The number of carbonyl (C=O) groups is 1. The van der Waals surface area contributed by atoms with Crippen LogP contribution in [0.5, 0.6) is 0 Å². The van der Waals surface area contributed by atoms with Crippen LogP contribution < -0.4 is 0 Å². The second-order valence-electron chi connectivity index (χ2n) is 5.70. The first-order valence-corrected chi connectivity index (χ1v) is 7.52. The molecule has 1 heterocycles. The average Bonchev–Trinajstić information content (AvgIpc) is 2.46. The van der Waals surface area contributed by atoms with E-state index in [9.17, 15) is 4.79 Å². The second kappa shape index (κ2) is 6.74. The number of likely N-dealkylation sites (tertiary alicyclic amines) is 1. The van der Waals surface area contributed by atoms with E-state index in [-0.39, 0.29) is 0 Å². The van der Waals surface area contributed by atoms with Gasteiger partial charge in [0.1, 0.15) is 0 Å². The number of hydrogen-bond donors (Lipinski definition) is 0. The number of nitrogens with zero attached hydrogens (tertiary/aromatic N) is 1. The topological polar surface area (TPSA) is 20.3 Å². The minimum absolute atomic E-state index is 0.317. The number of amides is 1. The molecule has 0 aromatic heterocycles. The molecule has 0 unspecified atom stereocenters. The van der Waals surface area contributed by atoms with Crippen molar-refractivity contribution in [3.8, 4) is 0 Å². The minimum atomic E-state index is 0.317. The van der Waals surface area contributed by atoms with Crippen molar-refractivity contribution >= 4 is 5.91 Å². The molecule has 1 aliphatic heterocycles. The van der Waals surface area contributed by atoms with Gasteiger partial charge in [0.15, 0.2) is 0 Å². The molecule has 1 aliphatic rings. The fourth-order valence-corrected chi connectivity index (χ4v) is 2.82. The monoisotopic (exact) mass is 259 g/mol. The zero-order valence-electron chi connectivity index (χ0n) is 12.2. The average molecular weight is 259 g/mol. The summed E-state index contributed by atoms with van der Waals surface area (Å²) in [5.74, 6) is 1.11. The van der Waals surface area contributed by atoms with Gasteiger partial charge >= 0.3 is 0 Å². The fourth-order valence-electron chi connectivity index (χ4n) is 2.82. The molecule has 1 aromatic carbocycles. The lowest BCUT2D eigenvalue weighted by Gasteiger charge is -2.32. The number of benzene rings is 1. The van der Waals surface area contributed by atoms with Crippen LogP contribution in [0.25, 0.3) is 0 Å². The molecule has 0 saturated carbocycles. The zero-order chi connectivity index (χ0) is 13.7. The normalized spacial score (nSPS) is 16.6. The molecule has 0 spiro atoms. The van der Waals surface area contributed by atoms with Gasteiger partial charge in [0.2, 0.25) is 5.91 Å². The standard InChI is InChI=1S/C17H25NO/c1-3-17(19)18-12-10-16(11-13-18)9-8-15-6-4-14(2)5-7-15/h4-7,16H,3,8-13H2,1-2H3. The molecule has 0 N–H and O–H groups in total. The molecule has 0 atom stereocenters. The largest absolute Gasteiger partial charge is 0.343 e. The summed E-state index contributed by atoms with van der Waals surface area (Å²) < 4.78 is 0. The Kier molecular flexibility index (Phi) is 5.00. The lowest BCUT2D eigenvalue weighted by atomic mass is 9.90. The molecule has 104 valence electrons. The van der Waals surface area contributed by atoms with Gasteiger partial charge in [-0.2, -0.15) is 0 Å². The third-order valence-corrected chi connectivity index (χ3v) is 4.23. The number of hydrogen-bond acceptors (Lipinski definition) is 1. The van der Waals surface area contributed by atoms with Gasteiger partial charge in [-0.25, -0.2) is 0 Å². The summed E-state index contributed by atoms with van der Waals surface area (Å²) in [6.07, 6.45) is 5.44. The zero-order valence-corrected chi connectivity index (χ0v) is 12.2. The number of rotatable bonds is 4. The third-order valence-electron chi connectivity index (χ3n) is 4.23. The second-order valence-corrected chi connectivity index (χ2v) is 5.70. The maximum absolute atomic E-state index is 11.6. The molecule has 0 bridgehead atoms. The van der Waals surface area contributed by atoms with Crippen LogP contribution >= 0.6 is 0 Å². The summed E-state index contributed by atoms with van der Waals surface area (Å²) in [5, 5.41) is 0. The summed E-state index contributed by atoms with van der Waals surface area (Å²) in [6, 6.07) is 8.87. The van der Waals surface area contributed by atoms with Crippen LogP contribution in [0.1, 0.15) is 43.7 Å². The highest BCUT2D eigenvalue weighted by atomic mass is 16.2. The summed E-state index contributed by atoms with van der Waals surface area (Å²) >= 11 is 0. The Labute approximate surface area is 116 Å². The first-order valence-electron chi connectivity index (χ1n) is 7.52. The molecule has 1 amide bonds. The molecule has 2 nitrogen and oxygen atoms in total. The molecular formula is C17H25NO. The van der Waals surface area contributed by atoms with Crippen LogP contribution in [0.3, 0.4) is 0 Å². The molecule has 1 saturated heterocycles. The molecule has 0 radical (unpaired) electrons. The molecule has 1 fully saturated rings. The summed E-state index contributed by atoms with van der Waals surface area (Å²) in [6.45, 7) is 6.01. The highest BCUT2D eigenvalue weighted by molar-refractivity contribution is 5.75. The Balaban J connectivity index is 1.74. The van der Waals surface area contributed by atoms with Gasteiger partial charge in [0.25, 0.3) is 0 Å². The van der Waals surface area contributed by atoms with Gasteiger partial charge in [0, 0.05) is 19.5 Å². The van der Waals surface area contributed by atoms with Crippen LogP contribution in [-0.4, -0.2) is 23.9 Å². The summed E-state index contributed by atoms with van der Waals surface area (Å²) in [5.41, 5.74) is 2.77. The van der Waals surface area contributed by atoms with Crippen molar-refractivity contribution in [1.82, 2.24) is 4.90 Å². The van der Waals surface area contributed by atoms with E-state index in [4.69, 9.17) is 0 Å². The van der Waals surface area contributed by atoms with Crippen molar-refractivity contribution in [2.45, 2.75) is 46.0 Å². The van der Waals surface area contributed by atoms with Gasteiger partial charge in [-0.1, -0.05) is 36.8 Å². The van der Waals surface area contributed by atoms with Crippen molar-refractivity contribution in [2.24, 2.45) is 5.92 Å². The minimum Gasteiger partial charge on any atom is -0.343 e. The van der Waals surface area contributed by atoms with Crippen LogP contribution in [-0.2, 0) is 11.2 Å². The van der Waals surface area contributed by atoms with Crippen LogP contribution in [0.2, 0.25) is 0 Å². The Hall–Kier alpha value is -1.31. The van der Waals surface area contributed by atoms with E-state index >= 15 is 0 Å². The predicted molar refractivity (Wildman–Crippen MR) is 79.1 cm³/mol. The van der Waals surface area contributed by atoms with Gasteiger partial charge in [-0.3, -0.25) is 4.79 Å². The molecule has 0 aliphatic carbocycles. The van der Waals surface area contributed by atoms with Crippen LogP contribution in [0.4, 0.5) is 0 Å². The molecular weight excluding hydrogens is 234 g/mol. The maximum atomic E-state index is 11.6. The maximum Gasteiger partial charge on any atom is 0.222 e. The number of piperidine rings is 1. The highest BCUT2D eigenvalue weighted by Gasteiger charge is 2.21. The van der Waals surface area contributed by atoms with Gasteiger partial charge < -0.3 is 4.90 Å². The Morgan fingerprint density at radius 2 is 1.84 bits per heavy atom. The number of carbonyl (C=O) groups excluding carboxylic acids is 1. The molecule has 1 aromatic rings. The van der Waals surface area contributed by atoms with E-state index in [0.29, 0.717) is 12.3 Å². The molecule has 2 heteroatoms. The lowest BCUT2D eigenvalue weighted by molar-refractivity contribution is -0.132. The van der Waals surface area contributed by atoms with Crippen molar-refractivity contribution in [1.29, 1.82) is 0 Å². The Morgan fingerprint density at radius 1 is 1.21 bits per heavy atom. The smallest absolute Gasteiger partial charge is 0.222 e. The highest BCUT2D eigenvalue weighted by Crippen LogP contribution is 2.22. The number of aryl methyl sites for hydroxylation is 2. The molecule has 19 heavy (non-hydrogen) atoms. The van der Waals surface area contributed by atoms with E-state index in [1.54, 1.807) is 0 Å². The van der Waals surface area contributed by atoms with E-state index in [0.717, 1.165) is 19.0 Å². The Bertz CT molecular complexity index is 402.